The number of amides is 2. The smallest absolute Gasteiger partial charge is 0.322 e. The number of allylic oxidation sites excluding steroid dienone is 1. The Labute approximate surface area is 185 Å². The average molecular weight is 439 g/mol. The van der Waals surface area contributed by atoms with Gasteiger partial charge in [-0.15, -0.1) is 0 Å². The quantitative estimate of drug-likeness (QED) is 0.595. The lowest BCUT2D eigenvalue weighted by molar-refractivity contribution is 0.158. The molecule has 31 heavy (non-hydrogen) atoms. The first-order valence-electron chi connectivity index (χ1n) is 9.92. The molecule has 0 saturated carbocycles. The van der Waals surface area contributed by atoms with Gasteiger partial charge in [0.15, 0.2) is 0 Å². The highest BCUT2D eigenvalue weighted by atomic mass is 35.5. The maximum Gasteiger partial charge on any atom is 0.322 e. The summed E-state index contributed by atoms with van der Waals surface area (Å²) in [4.78, 5) is 19.1. The summed E-state index contributed by atoms with van der Waals surface area (Å²) in [5, 5.41) is 7.86. The second-order valence-corrected chi connectivity index (χ2v) is 7.80. The minimum Gasteiger partial charge on any atom is -0.383 e. The molecule has 8 heteroatoms. The number of methoxy groups -OCH3 is 1. The fourth-order valence-corrected chi connectivity index (χ4v) is 3.69. The van der Waals surface area contributed by atoms with Crippen LogP contribution in [-0.2, 0) is 4.74 Å². The maximum atomic E-state index is 12.8. The third-order valence-electron chi connectivity index (χ3n) is 5.28. The first-order chi connectivity index (χ1) is 15.0. The Balaban J connectivity index is 1.78. The highest BCUT2D eigenvalue weighted by molar-refractivity contribution is 6.30. The van der Waals surface area contributed by atoms with E-state index in [1.807, 2.05) is 50.2 Å². The number of halogens is 1. The minimum absolute atomic E-state index is 0.193. The molecule has 1 N–H and O–H groups in total. The number of carbonyl (C=O) groups excluding carboxylic acids is 1. The predicted octanol–water partition coefficient (Wildman–Crippen LogP) is 4.84. The van der Waals surface area contributed by atoms with Crippen molar-refractivity contribution in [1.29, 1.82) is 0 Å². The molecule has 0 bridgehead atoms. The lowest BCUT2D eigenvalue weighted by atomic mass is 9.94. The number of nitrogens with zero attached hydrogens (tertiary/aromatic N) is 3. The third-order valence-corrected chi connectivity index (χ3v) is 5.54. The molecule has 3 aromatic rings. The molecule has 1 aliphatic heterocycles. The molecule has 0 spiro atoms. The van der Waals surface area contributed by atoms with Crippen molar-refractivity contribution < 1.29 is 14.1 Å². The van der Waals surface area contributed by atoms with Crippen molar-refractivity contribution in [2.24, 2.45) is 0 Å². The SMILES string of the molecule is COCCN1C(=O)NC(c2ccc(C)cc2)C(c2nc(-c3ccc(Cl)cc3)no2)=C1C. The Bertz CT molecular complexity index is 1110. The van der Waals surface area contributed by atoms with E-state index in [0.717, 1.165) is 28.0 Å². The van der Waals surface area contributed by atoms with Crippen molar-refractivity contribution in [3.63, 3.8) is 0 Å². The van der Waals surface area contributed by atoms with E-state index < -0.39 is 6.04 Å². The molecule has 0 fully saturated rings. The van der Waals surface area contributed by atoms with Gasteiger partial charge in [0.1, 0.15) is 0 Å². The Morgan fingerprint density at radius 2 is 1.84 bits per heavy atom. The van der Waals surface area contributed by atoms with Gasteiger partial charge in [0.25, 0.3) is 5.89 Å². The topological polar surface area (TPSA) is 80.5 Å². The van der Waals surface area contributed by atoms with Gasteiger partial charge in [-0.1, -0.05) is 46.6 Å². The van der Waals surface area contributed by atoms with Gasteiger partial charge >= 0.3 is 6.03 Å². The number of ether oxygens (including phenoxy) is 1. The van der Waals surface area contributed by atoms with Crippen molar-refractivity contribution in [2.75, 3.05) is 20.3 Å². The first-order valence-corrected chi connectivity index (χ1v) is 10.3. The summed E-state index contributed by atoms with van der Waals surface area (Å²) in [6.07, 6.45) is 0. The number of hydrogen-bond acceptors (Lipinski definition) is 5. The second kappa shape index (κ2) is 8.91. The largest absolute Gasteiger partial charge is 0.383 e. The zero-order valence-corrected chi connectivity index (χ0v) is 18.3. The van der Waals surface area contributed by atoms with Crippen LogP contribution >= 0.6 is 11.6 Å². The molecular weight excluding hydrogens is 416 g/mol. The van der Waals surface area contributed by atoms with E-state index >= 15 is 0 Å². The van der Waals surface area contributed by atoms with Crippen LogP contribution in [0.15, 0.2) is 58.8 Å². The van der Waals surface area contributed by atoms with E-state index in [1.165, 1.54) is 0 Å². The highest BCUT2D eigenvalue weighted by Gasteiger charge is 2.35. The lowest BCUT2D eigenvalue weighted by Gasteiger charge is -2.35. The Morgan fingerprint density at radius 3 is 2.52 bits per heavy atom. The highest BCUT2D eigenvalue weighted by Crippen LogP contribution is 2.37. The summed E-state index contributed by atoms with van der Waals surface area (Å²) >= 11 is 5.99. The average Bonchev–Trinajstić information content (AvgIpc) is 3.24. The fourth-order valence-electron chi connectivity index (χ4n) is 3.57. The van der Waals surface area contributed by atoms with Crippen molar-refractivity contribution in [3.05, 3.63) is 76.3 Å². The van der Waals surface area contributed by atoms with E-state index in [1.54, 1.807) is 24.1 Å². The number of nitrogens with one attached hydrogen (secondary N) is 1. The van der Waals surface area contributed by atoms with Gasteiger partial charge in [-0.05, 0) is 43.7 Å². The molecule has 4 rings (SSSR count). The summed E-state index contributed by atoms with van der Waals surface area (Å²) in [6, 6.07) is 14.6. The van der Waals surface area contributed by atoms with E-state index in [-0.39, 0.29) is 6.03 Å². The number of rotatable bonds is 6. The summed E-state index contributed by atoms with van der Waals surface area (Å²) in [7, 11) is 1.60. The van der Waals surface area contributed by atoms with Crippen LogP contribution in [0.2, 0.25) is 5.02 Å². The molecule has 0 saturated heterocycles. The molecule has 2 amide bonds. The molecule has 2 heterocycles. The maximum absolute atomic E-state index is 12.8. The lowest BCUT2D eigenvalue weighted by Crippen LogP contribution is -2.47. The number of hydrogen-bond donors (Lipinski definition) is 1. The van der Waals surface area contributed by atoms with Gasteiger partial charge in [-0.25, -0.2) is 4.79 Å². The normalized spacial score (nSPS) is 16.6. The molecule has 1 atom stereocenters. The molecule has 2 aromatic carbocycles. The standard InChI is InChI=1S/C23H23ClN4O3/c1-14-4-6-16(7-5-14)20-19(15(2)28(12-13-30-3)23(29)25-20)22-26-21(27-31-22)17-8-10-18(24)11-9-17/h4-11,20H,12-13H2,1-3H3,(H,25,29). The molecule has 0 radical (unpaired) electrons. The molecule has 160 valence electrons. The number of benzene rings is 2. The third kappa shape index (κ3) is 4.33. The molecule has 0 aliphatic carbocycles. The minimum atomic E-state index is -0.412. The van der Waals surface area contributed by atoms with E-state index in [2.05, 4.69) is 15.5 Å². The Hall–Kier alpha value is -3.16. The van der Waals surface area contributed by atoms with Gasteiger partial charge in [0, 0.05) is 23.4 Å². The van der Waals surface area contributed by atoms with Crippen molar-refractivity contribution in [2.45, 2.75) is 19.9 Å². The summed E-state index contributed by atoms with van der Waals surface area (Å²) in [6.45, 7) is 4.73. The first kappa shape index (κ1) is 21.1. The predicted molar refractivity (Wildman–Crippen MR) is 118 cm³/mol. The van der Waals surface area contributed by atoms with Crippen LogP contribution in [0.4, 0.5) is 4.79 Å². The van der Waals surface area contributed by atoms with Crippen LogP contribution in [0.5, 0.6) is 0 Å². The van der Waals surface area contributed by atoms with Crippen LogP contribution < -0.4 is 5.32 Å². The van der Waals surface area contributed by atoms with Crippen molar-refractivity contribution in [3.8, 4) is 11.4 Å². The van der Waals surface area contributed by atoms with Gasteiger partial charge in [0.2, 0.25) is 5.82 Å². The molecule has 1 aromatic heterocycles. The van der Waals surface area contributed by atoms with Gasteiger partial charge < -0.3 is 14.6 Å². The van der Waals surface area contributed by atoms with Crippen molar-refractivity contribution >= 4 is 23.2 Å². The number of aromatic nitrogens is 2. The van der Waals surface area contributed by atoms with Crippen LogP contribution in [0.1, 0.15) is 30.0 Å². The molecular formula is C23H23ClN4O3. The Morgan fingerprint density at radius 1 is 1.13 bits per heavy atom. The van der Waals surface area contributed by atoms with E-state index in [4.69, 9.17) is 20.9 Å². The van der Waals surface area contributed by atoms with Gasteiger partial charge in [-0.2, -0.15) is 4.98 Å². The summed E-state index contributed by atoms with van der Waals surface area (Å²) in [5.41, 5.74) is 4.37. The van der Waals surface area contributed by atoms with Crippen LogP contribution in [0.3, 0.4) is 0 Å². The van der Waals surface area contributed by atoms with Gasteiger partial charge in [-0.3, -0.25) is 4.90 Å². The molecule has 1 unspecified atom stereocenters. The number of urea groups is 1. The summed E-state index contributed by atoms with van der Waals surface area (Å²) in [5.74, 6) is 0.811. The van der Waals surface area contributed by atoms with E-state index in [0.29, 0.717) is 29.9 Å². The Kier molecular flexibility index (Phi) is 6.06. The number of carbonyl (C=O) groups is 1. The monoisotopic (exact) mass is 438 g/mol. The summed E-state index contributed by atoms with van der Waals surface area (Å²) < 4.78 is 10.8. The number of aryl methyl sites for hydroxylation is 1. The fraction of sp³-hybridized carbons (Fsp3) is 0.261. The van der Waals surface area contributed by atoms with Crippen LogP contribution in [-0.4, -0.2) is 41.3 Å². The van der Waals surface area contributed by atoms with Crippen molar-refractivity contribution in [1.82, 2.24) is 20.4 Å². The van der Waals surface area contributed by atoms with Gasteiger partial charge in [0.05, 0.1) is 24.8 Å². The van der Waals surface area contributed by atoms with Crippen LogP contribution in [0, 0.1) is 6.92 Å². The molecule has 1 aliphatic rings. The molecule has 7 nitrogen and oxygen atoms in total. The van der Waals surface area contributed by atoms with E-state index in [9.17, 15) is 4.79 Å². The zero-order valence-electron chi connectivity index (χ0n) is 17.6. The zero-order chi connectivity index (χ0) is 22.0. The second-order valence-electron chi connectivity index (χ2n) is 7.37. The van der Waals surface area contributed by atoms with Crippen LogP contribution in [0.25, 0.3) is 17.0 Å².